The topological polar surface area (TPSA) is 35.5 Å². The SMILES string of the molecule is CCCC(OC)C(=O)OCC. The molecule has 0 aliphatic heterocycles. The summed E-state index contributed by atoms with van der Waals surface area (Å²) < 4.78 is 9.71. The summed E-state index contributed by atoms with van der Waals surface area (Å²) in [7, 11) is 1.53. The van der Waals surface area contributed by atoms with Crippen molar-refractivity contribution in [1.29, 1.82) is 0 Å². The van der Waals surface area contributed by atoms with Gasteiger partial charge in [0.15, 0.2) is 6.10 Å². The number of methoxy groups -OCH3 is 1. The molecule has 11 heavy (non-hydrogen) atoms. The monoisotopic (exact) mass is 160 g/mol. The molecule has 0 saturated carbocycles. The highest BCUT2D eigenvalue weighted by molar-refractivity contribution is 5.74. The van der Waals surface area contributed by atoms with Crippen molar-refractivity contribution in [1.82, 2.24) is 0 Å². The van der Waals surface area contributed by atoms with Crippen LogP contribution in [0.15, 0.2) is 0 Å². The Kier molecular flexibility index (Phi) is 5.84. The van der Waals surface area contributed by atoms with Crippen LogP contribution in [0.1, 0.15) is 26.7 Å². The van der Waals surface area contributed by atoms with E-state index in [0.717, 1.165) is 12.8 Å². The molecule has 0 amide bonds. The largest absolute Gasteiger partial charge is 0.464 e. The van der Waals surface area contributed by atoms with Gasteiger partial charge in [0.05, 0.1) is 6.61 Å². The van der Waals surface area contributed by atoms with E-state index in [9.17, 15) is 4.79 Å². The molecule has 1 unspecified atom stereocenters. The van der Waals surface area contributed by atoms with E-state index in [1.165, 1.54) is 7.11 Å². The fourth-order valence-electron chi connectivity index (χ4n) is 0.829. The summed E-state index contributed by atoms with van der Waals surface area (Å²) in [6, 6.07) is 0. The molecule has 0 N–H and O–H groups in total. The second-order valence-electron chi connectivity index (χ2n) is 2.27. The first-order valence-corrected chi connectivity index (χ1v) is 3.95. The molecule has 0 aromatic carbocycles. The first-order valence-electron chi connectivity index (χ1n) is 3.95. The minimum absolute atomic E-state index is 0.253. The van der Waals surface area contributed by atoms with Crippen LogP contribution < -0.4 is 0 Å². The van der Waals surface area contributed by atoms with Crippen LogP contribution in [0.4, 0.5) is 0 Å². The van der Waals surface area contributed by atoms with Gasteiger partial charge >= 0.3 is 5.97 Å². The number of ether oxygens (including phenoxy) is 2. The molecule has 0 aliphatic rings. The molecule has 0 rings (SSSR count). The molecule has 0 saturated heterocycles. The van der Waals surface area contributed by atoms with E-state index in [1.54, 1.807) is 6.92 Å². The summed E-state index contributed by atoms with van der Waals surface area (Å²) in [6.45, 7) is 4.21. The molecule has 0 aliphatic carbocycles. The van der Waals surface area contributed by atoms with Gasteiger partial charge in [-0.05, 0) is 13.3 Å². The van der Waals surface area contributed by atoms with E-state index >= 15 is 0 Å². The van der Waals surface area contributed by atoms with Gasteiger partial charge in [-0.1, -0.05) is 13.3 Å². The van der Waals surface area contributed by atoms with Crippen molar-refractivity contribution in [2.75, 3.05) is 13.7 Å². The maximum Gasteiger partial charge on any atom is 0.335 e. The van der Waals surface area contributed by atoms with Crippen LogP contribution in [0.2, 0.25) is 0 Å². The van der Waals surface area contributed by atoms with E-state index in [0.29, 0.717) is 6.61 Å². The third kappa shape index (κ3) is 3.98. The molecule has 0 aromatic rings. The van der Waals surface area contributed by atoms with Crippen molar-refractivity contribution in [3.8, 4) is 0 Å². The Bertz CT molecular complexity index is 112. The summed E-state index contributed by atoms with van der Waals surface area (Å²) in [6.07, 6.45) is 1.28. The second kappa shape index (κ2) is 6.16. The van der Waals surface area contributed by atoms with Gasteiger partial charge in [-0.3, -0.25) is 0 Å². The van der Waals surface area contributed by atoms with Crippen LogP contribution in [-0.2, 0) is 14.3 Å². The summed E-state index contributed by atoms with van der Waals surface area (Å²) in [4.78, 5) is 11.0. The summed E-state index contributed by atoms with van der Waals surface area (Å²) in [5.74, 6) is -0.253. The summed E-state index contributed by atoms with van der Waals surface area (Å²) >= 11 is 0. The van der Waals surface area contributed by atoms with Crippen molar-refractivity contribution in [2.24, 2.45) is 0 Å². The third-order valence-electron chi connectivity index (χ3n) is 1.38. The lowest BCUT2D eigenvalue weighted by Gasteiger charge is -2.11. The lowest BCUT2D eigenvalue weighted by atomic mass is 10.2. The van der Waals surface area contributed by atoms with Gasteiger partial charge in [0.1, 0.15) is 0 Å². The Morgan fingerprint density at radius 1 is 1.45 bits per heavy atom. The number of hydrogen-bond acceptors (Lipinski definition) is 3. The molecule has 66 valence electrons. The molecule has 3 heteroatoms. The van der Waals surface area contributed by atoms with Gasteiger partial charge in [0.2, 0.25) is 0 Å². The van der Waals surface area contributed by atoms with Gasteiger partial charge in [-0.25, -0.2) is 4.79 Å². The third-order valence-corrected chi connectivity index (χ3v) is 1.38. The van der Waals surface area contributed by atoms with Crippen molar-refractivity contribution >= 4 is 5.97 Å². The fourth-order valence-corrected chi connectivity index (χ4v) is 0.829. The number of rotatable bonds is 5. The molecule has 0 spiro atoms. The van der Waals surface area contributed by atoms with Gasteiger partial charge in [0.25, 0.3) is 0 Å². The lowest BCUT2D eigenvalue weighted by molar-refractivity contribution is -0.155. The minimum Gasteiger partial charge on any atom is -0.464 e. The average Bonchev–Trinajstić information content (AvgIpc) is 2.00. The highest BCUT2D eigenvalue weighted by Gasteiger charge is 2.16. The molecule has 0 radical (unpaired) electrons. The fraction of sp³-hybridized carbons (Fsp3) is 0.875. The van der Waals surface area contributed by atoms with Crippen LogP contribution in [0, 0.1) is 0 Å². The van der Waals surface area contributed by atoms with Gasteiger partial charge < -0.3 is 9.47 Å². The quantitative estimate of drug-likeness (QED) is 0.570. The molecule has 0 fully saturated rings. The first-order chi connectivity index (χ1) is 5.26. The van der Waals surface area contributed by atoms with E-state index in [-0.39, 0.29) is 12.1 Å². The second-order valence-corrected chi connectivity index (χ2v) is 2.27. The van der Waals surface area contributed by atoms with Gasteiger partial charge in [-0.2, -0.15) is 0 Å². The zero-order valence-corrected chi connectivity index (χ0v) is 7.42. The minimum atomic E-state index is -0.375. The zero-order chi connectivity index (χ0) is 8.69. The Balaban J connectivity index is 3.71. The Labute approximate surface area is 67.7 Å². The predicted octanol–water partition coefficient (Wildman–Crippen LogP) is 1.36. The van der Waals surface area contributed by atoms with E-state index in [2.05, 4.69) is 0 Å². The maximum absolute atomic E-state index is 11.0. The van der Waals surface area contributed by atoms with E-state index in [4.69, 9.17) is 9.47 Å². The molecular formula is C8H16O3. The van der Waals surface area contributed by atoms with Crippen LogP contribution in [0.5, 0.6) is 0 Å². The Hall–Kier alpha value is -0.570. The van der Waals surface area contributed by atoms with Gasteiger partial charge in [0, 0.05) is 7.11 Å². The standard InChI is InChI=1S/C8H16O3/c1-4-6-7(10-3)8(9)11-5-2/h7H,4-6H2,1-3H3. The molecule has 3 nitrogen and oxygen atoms in total. The Morgan fingerprint density at radius 3 is 2.45 bits per heavy atom. The number of carbonyl (C=O) groups is 1. The predicted molar refractivity (Wildman–Crippen MR) is 42.3 cm³/mol. The van der Waals surface area contributed by atoms with Gasteiger partial charge in [-0.15, -0.1) is 0 Å². The highest BCUT2D eigenvalue weighted by atomic mass is 16.6. The van der Waals surface area contributed by atoms with Crippen molar-refractivity contribution in [3.05, 3.63) is 0 Å². The molecule has 1 atom stereocenters. The van der Waals surface area contributed by atoms with Crippen LogP contribution in [-0.4, -0.2) is 25.8 Å². The average molecular weight is 160 g/mol. The summed E-state index contributed by atoms with van der Waals surface area (Å²) in [5.41, 5.74) is 0. The number of hydrogen-bond donors (Lipinski definition) is 0. The Morgan fingerprint density at radius 2 is 2.09 bits per heavy atom. The van der Waals surface area contributed by atoms with Crippen LogP contribution in [0.25, 0.3) is 0 Å². The van der Waals surface area contributed by atoms with Crippen molar-refractivity contribution in [3.63, 3.8) is 0 Å². The number of carbonyl (C=O) groups excluding carboxylic acids is 1. The molecule has 0 heterocycles. The normalized spacial score (nSPS) is 12.6. The maximum atomic E-state index is 11.0. The lowest BCUT2D eigenvalue weighted by Crippen LogP contribution is -2.25. The molecule has 0 aromatic heterocycles. The number of esters is 1. The first kappa shape index (κ1) is 10.4. The zero-order valence-electron chi connectivity index (χ0n) is 7.42. The van der Waals surface area contributed by atoms with Crippen molar-refractivity contribution in [2.45, 2.75) is 32.8 Å². The van der Waals surface area contributed by atoms with Crippen molar-refractivity contribution < 1.29 is 14.3 Å². The molecule has 0 bridgehead atoms. The van der Waals surface area contributed by atoms with E-state index < -0.39 is 0 Å². The highest BCUT2D eigenvalue weighted by Crippen LogP contribution is 2.02. The summed E-state index contributed by atoms with van der Waals surface area (Å²) in [5, 5.41) is 0. The van der Waals surface area contributed by atoms with E-state index in [1.807, 2.05) is 6.92 Å². The van der Waals surface area contributed by atoms with Crippen LogP contribution >= 0.6 is 0 Å². The van der Waals surface area contributed by atoms with Crippen LogP contribution in [0.3, 0.4) is 0 Å². The molecular weight excluding hydrogens is 144 g/mol. The smallest absolute Gasteiger partial charge is 0.335 e.